The van der Waals surface area contributed by atoms with Crippen molar-refractivity contribution in [1.29, 1.82) is 0 Å². The zero-order valence-corrected chi connectivity index (χ0v) is 9.94. The molecule has 2 aliphatic rings. The molecule has 2 fully saturated rings. The Morgan fingerprint density at radius 2 is 1.71 bits per heavy atom. The first-order chi connectivity index (χ1) is 6.52. The monoisotopic (exact) mass is 196 g/mol. The predicted molar refractivity (Wildman–Crippen MR) is 59.3 cm³/mol. The van der Waals surface area contributed by atoms with Crippen LogP contribution in [0.25, 0.3) is 0 Å². The maximum atomic E-state index is 6.12. The molecular formula is C13H24O. The Bertz CT molecular complexity index is 196. The summed E-state index contributed by atoms with van der Waals surface area (Å²) in [4.78, 5) is 0. The van der Waals surface area contributed by atoms with Gasteiger partial charge < -0.3 is 4.74 Å². The van der Waals surface area contributed by atoms with Crippen LogP contribution in [-0.2, 0) is 4.74 Å². The second-order valence-electron chi connectivity index (χ2n) is 6.32. The van der Waals surface area contributed by atoms with Crippen molar-refractivity contribution in [2.24, 2.45) is 11.3 Å². The van der Waals surface area contributed by atoms with E-state index in [2.05, 4.69) is 20.8 Å². The topological polar surface area (TPSA) is 9.23 Å². The fourth-order valence-corrected chi connectivity index (χ4v) is 2.95. The van der Waals surface area contributed by atoms with Crippen LogP contribution in [0, 0.1) is 11.3 Å². The van der Waals surface area contributed by atoms with Gasteiger partial charge in [0, 0.05) is 0 Å². The highest BCUT2D eigenvalue weighted by atomic mass is 16.5. The summed E-state index contributed by atoms with van der Waals surface area (Å²) < 4.78 is 6.12. The molecule has 0 N–H and O–H groups in total. The zero-order chi connectivity index (χ0) is 10.2. The van der Waals surface area contributed by atoms with E-state index < -0.39 is 0 Å². The smallest absolute Gasteiger partial charge is 0.0686 e. The lowest BCUT2D eigenvalue weighted by atomic mass is 9.73. The van der Waals surface area contributed by atoms with Crippen LogP contribution in [0.1, 0.15) is 59.3 Å². The quantitative estimate of drug-likeness (QED) is 0.573. The van der Waals surface area contributed by atoms with E-state index in [9.17, 15) is 0 Å². The molecule has 0 radical (unpaired) electrons. The largest absolute Gasteiger partial charge is 0.375 e. The highest BCUT2D eigenvalue weighted by Gasteiger charge is 2.44. The fourth-order valence-electron chi connectivity index (χ4n) is 2.95. The van der Waals surface area contributed by atoms with Gasteiger partial charge in [0.1, 0.15) is 0 Å². The third-order valence-electron chi connectivity index (χ3n) is 4.20. The summed E-state index contributed by atoms with van der Waals surface area (Å²) >= 11 is 0. The average Bonchev–Trinajstić information content (AvgIpc) is 2.50. The highest BCUT2D eigenvalue weighted by molar-refractivity contribution is 4.94. The third-order valence-corrected chi connectivity index (χ3v) is 4.20. The first kappa shape index (κ1) is 10.5. The minimum Gasteiger partial charge on any atom is -0.375 e. The molecule has 0 aromatic heterocycles. The Hall–Kier alpha value is -0.0400. The highest BCUT2D eigenvalue weighted by Crippen LogP contribution is 2.46. The molecule has 0 amide bonds. The lowest BCUT2D eigenvalue weighted by molar-refractivity contribution is -0.0255. The second kappa shape index (κ2) is 3.52. The van der Waals surface area contributed by atoms with Crippen molar-refractivity contribution < 1.29 is 4.74 Å². The van der Waals surface area contributed by atoms with Crippen LogP contribution in [0.2, 0.25) is 0 Å². The molecule has 0 bridgehead atoms. The van der Waals surface area contributed by atoms with E-state index in [-0.39, 0.29) is 0 Å². The molecule has 1 nitrogen and oxygen atoms in total. The molecular weight excluding hydrogens is 172 g/mol. The summed E-state index contributed by atoms with van der Waals surface area (Å²) in [6, 6.07) is 0. The van der Waals surface area contributed by atoms with Crippen molar-refractivity contribution in [3.05, 3.63) is 0 Å². The van der Waals surface area contributed by atoms with Gasteiger partial charge in [-0.2, -0.15) is 0 Å². The van der Waals surface area contributed by atoms with Gasteiger partial charge in [0.05, 0.1) is 12.2 Å². The van der Waals surface area contributed by atoms with E-state index in [1.54, 1.807) is 0 Å². The van der Waals surface area contributed by atoms with Gasteiger partial charge in [-0.25, -0.2) is 0 Å². The Labute approximate surface area is 88.2 Å². The van der Waals surface area contributed by atoms with Crippen LogP contribution in [0.5, 0.6) is 0 Å². The number of hydrogen-bond donors (Lipinski definition) is 0. The van der Waals surface area contributed by atoms with Gasteiger partial charge in [0.2, 0.25) is 0 Å². The van der Waals surface area contributed by atoms with Crippen LogP contribution in [0.15, 0.2) is 0 Å². The van der Waals surface area contributed by atoms with Crippen molar-refractivity contribution in [2.75, 3.05) is 6.61 Å². The van der Waals surface area contributed by atoms with Gasteiger partial charge in [0.15, 0.2) is 0 Å². The fraction of sp³-hybridized carbons (Fsp3) is 1.00. The van der Waals surface area contributed by atoms with Gasteiger partial charge in [-0.05, 0) is 30.6 Å². The molecule has 1 saturated carbocycles. The lowest BCUT2D eigenvalue weighted by Gasteiger charge is -2.33. The summed E-state index contributed by atoms with van der Waals surface area (Å²) in [6.45, 7) is 8.05. The van der Waals surface area contributed by atoms with E-state index >= 15 is 0 Å². The molecule has 0 aromatic carbocycles. The molecule has 1 aliphatic heterocycles. The summed E-state index contributed by atoms with van der Waals surface area (Å²) in [5, 5.41) is 0. The van der Waals surface area contributed by atoms with E-state index in [0.29, 0.717) is 11.0 Å². The van der Waals surface area contributed by atoms with Gasteiger partial charge in [0.25, 0.3) is 0 Å². The maximum Gasteiger partial charge on any atom is 0.0686 e. The van der Waals surface area contributed by atoms with Crippen LogP contribution in [-0.4, -0.2) is 12.2 Å². The molecule has 1 aliphatic carbocycles. The first-order valence-electron chi connectivity index (χ1n) is 6.16. The Kier molecular flexibility index (Phi) is 2.63. The van der Waals surface area contributed by atoms with Crippen molar-refractivity contribution >= 4 is 0 Å². The second-order valence-corrected chi connectivity index (χ2v) is 6.32. The summed E-state index contributed by atoms with van der Waals surface area (Å²) in [5.74, 6) is 0.778. The molecule has 1 heteroatoms. The predicted octanol–water partition coefficient (Wildman–Crippen LogP) is 3.77. The Morgan fingerprint density at radius 1 is 1.07 bits per heavy atom. The van der Waals surface area contributed by atoms with Crippen molar-refractivity contribution in [3.63, 3.8) is 0 Å². The standard InChI is InChI=1S/C13H24O/c1-12(2,3)11-9-13(14-10-11)7-5-4-6-8-13/h11H,4-10H2,1-3H3. The lowest BCUT2D eigenvalue weighted by Crippen LogP contribution is -2.31. The zero-order valence-electron chi connectivity index (χ0n) is 9.94. The minimum atomic E-state index is 0.302. The van der Waals surface area contributed by atoms with Gasteiger partial charge >= 0.3 is 0 Å². The van der Waals surface area contributed by atoms with Crippen LogP contribution < -0.4 is 0 Å². The number of rotatable bonds is 0. The van der Waals surface area contributed by atoms with Crippen LogP contribution in [0.4, 0.5) is 0 Å². The van der Waals surface area contributed by atoms with E-state index in [0.717, 1.165) is 12.5 Å². The average molecular weight is 196 g/mol. The molecule has 0 aromatic rings. The third kappa shape index (κ3) is 1.98. The molecule has 1 heterocycles. The minimum absolute atomic E-state index is 0.302. The molecule has 1 unspecified atom stereocenters. The SMILES string of the molecule is CC(C)(C)C1COC2(CCCCC2)C1. The van der Waals surface area contributed by atoms with E-state index in [1.165, 1.54) is 38.5 Å². The molecule has 14 heavy (non-hydrogen) atoms. The first-order valence-corrected chi connectivity index (χ1v) is 6.16. The van der Waals surface area contributed by atoms with Crippen molar-refractivity contribution in [2.45, 2.75) is 64.9 Å². The number of hydrogen-bond acceptors (Lipinski definition) is 1. The van der Waals surface area contributed by atoms with Gasteiger partial charge in [-0.1, -0.05) is 40.0 Å². The van der Waals surface area contributed by atoms with Crippen LogP contribution in [0.3, 0.4) is 0 Å². The van der Waals surface area contributed by atoms with Crippen molar-refractivity contribution in [3.8, 4) is 0 Å². The Balaban J connectivity index is 1.99. The van der Waals surface area contributed by atoms with Gasteiger partial charge in [-0.3, -0.25) is 0 Å². The molecule has 2 rings (SSSR count). The van der Waals surface area contributed by atoms with Crippen molar-refractivity contribution in [1.82, 2.24) is 0 Å². The van der Waals surface area contributed by atoms with Gasteiger partial charge in [-0.15, -0.1) is 0 Å². The Morgan fingerprint density at radius 3 is 2.21 bits per heavy atom. The molecule has 82 valence electrons. The summed E-state index contributed by atoms with van der Waals surface area (Å²) in [7, 11) is 0. The number of ether oxygens (including phenoxy) is 1. The normalized spacial score (nSPS) is 32.4. The summed E-state index contributed by atoms with van der Waals surface area (Å²) in [6.07, 6.45) is 8.15. The molecule has 1 spiro atoms. The molecule has 1 atom stereocenters. The summed E-state index contributed by atoms with van der Waals surface area (Å²) in [5.41, 5.74) is 0.733. The maximum absolute atomic E-state index is 6.12. The molecule has 1 saturated heterocycles. The van der Waals surface area contributed by atoms with E-state index in [1.807, 2.05) is 0 Å². The van der Waals surface area contributed by atoms with E-state index in [4.69, 9.17) is 4.74 Å². The van der Waals surface area contributed by atoms with Crippen LogP contribution >= 0.6 is 0 Å².